The molecule has 81 heavy (non-hydrogen) atoms. The normalized spacial score (nSPS) is 15.1. The van der Waals surface area contributed by atoms with Gasteiger partial charge in [0.05, 0.1) is 69.6 Å². The number of aromatic hydroxyl groups is 3. The summed E-state index contributed by atoms with van der Waals surface area (Å²) in [5, 5.41) is 41.2. The molecule has 4 aliphatic rings. The summed E-state index contributed by atoms with van der Waals surface area (Å²) in [7, 11) is 0. The summed E-state index contributed by atoms with van der Waals surface area (Å²) in [6, 6.07) is 31.7. The van der Waals surface area contributed by atoms with E-state index in [1.807, 2.05) is 0 Å². The first kappa shape index (κ1) is 49.7. The smallest absolute Gasteiger partial charge is 0.269 e. The molecule has 0 unspecified atom stereocenters. The molecular weight excluding hydrogens is 1040 g/mol. The number of amides is 6. The molecule has 7 heterocycles. The van der Waals surface area contributed by atoms with Gasteiger partial charge >= 0.3 is 0 Å². The third-order valence-electron chi connectivity index (χ3n) is 15.7. The molecule has 13 rings (SSSR count). The Kier molecular flexibility index (Phi) is 11.1. The minimum atomic E-state index is -0.689. The van der Waals surface area contributed by atoms with Crippen molar-refractivity contribution in [3.8, 4) is 17.2 Å². The topological polar surface area (TPSA) is 249 Å². The van der Waals surface area contributed by atoms with Crippen LogP contribution in [0.4, 0.5) is 0 Å². The standard InChI is InChI=1S/C60H45N9O12/c1-31-22-49(73)67(52-34(31)16-19-46(70)43(52)25-64-55(76)37-10-4-5-11-38(37)56(64)77)61-28-62(68-50(74)23-32(2)35-17-20-47(71)44(53(35)68)26-65-57(78)39-12-6-7-13-40(39)58(65)79)30-63(29-61)69-51(75)24-33(3)36-18-21-48(72)45(54(36)69)27-66-59(80)41-14-8-9-15-42(41)60(66)81/h4-24,70-72H,25-30H2,1-3H3. The van der Waals surface area contributed by atoms with Crippen LogP contribution in [0.3, 0.4) is 0 Å². The number of aromatic nitrogens is 3. The molecule has 402 valence electrons. The van der Waals surface area contributed by atoms with E-state index in [0.717, 1.165) is 14.7 Å². The number of phenols is 3. The van der Waals surface area contributed by atoms with Crippen LogP contribution in [0.1, 0.15) is 95.5 Å². The molecule has 0 atom stereocenters. The lowest BCUT2D eigenvalue weighted by Crippen LogP contribution is -2.68. The highest BCUT2D eigenvalue weighted by atomic mass is 16.3. The molecular formula is C60H45N9O12. The van der Waals surface area contributed by atoms with Gasteiger partial charge in [-0.2, -0.15) is 0 Å². The molecule has 3 N–H and O–H groups in total. The number of carbonyl (C=O) groups is 6. The van der Waals surface area contributed by atoms with Crippen molar-refractivity contribution >= 4 is 68.2 Å². The molecule has 6 aromatic carbocycles. The SMILES string of the molecule is Cc1cc(=O)n(N2CN(n3c(=O)cc(C)c4ccc(O)c(CN5C(=O)c6ccccc6C5=O)c43)CN(n3c(=O)cc(C)c4ccc(O)c(CN5C(=O)c6ccccc6C5=O)c43)C2)c2c(CN3C(=O)c4ccccc4C3=O)c(O)ccc12. The van der Waals surface area contributed by atoms with Crippen molar-refractivity contribution in [1.29, 1.82) is 0 Å². The molecule has 1 saturated heterocycles. The van der Waals surface area contributed by atoms with Crippen LogP contribution < -0.4 is 31.7 Å². The number of imide groups is 3. The van der Waals surface area contributed by atoms with Gasteiger partial charge in [-0.05, 0) is 110 Å². The zero-order valence-corrected chi connectivity index (χ0v) is 43.4. The number of nitrogens with zero attached hydrogens (tertiary/aromatic N) is 9. The number of rotatable bonds is 9. The number of fused-ring (bicyclic) bond motifs is 6. The van der Waals surface area contributed by atoms with Crippen LogP contribution >= 0.6 is 0 Å². The maximum Gasteiger partial charge on any atom is 0.269 e. The van der Waals surface area contributed by atoms with Crippen molar-refractivity contribution in [2.45, 2.75) is 40.4 Å². The molecule has 21 heteroatoms. The van der Waals surface area contributed by atoms with Crippen LogP contribution in [-0.4, -0.2) is 99.5 Å². The first-order valence-corrected chi connectivity index (χ1v) is 25.6. The number of aryl methyl sites for hydroxylation is 3. The fourth-order valence-corrected chi connectivity index (χ4v) is 11.9. The lowest BCUT2D eigenvalue weighted by Gasteiger charge is -2.46. The second kappa shape index (κ2) is 18.1. The van der Waals surface area contributed by atoms with E-state index in [4.69, 9.17) is 0 Å². The predicted octanol–water partition coefficient (Wildman–Crippen LogP) is 5.16. The molecule has 3 aromatic heterocycles. The van der Waals surface area contributed by atoms with Gasteiger partial charge in [0.1, 0.15) is 37.3 Å². The molecule has 0 spiro atoms. The molecule has 0 aliphatic carbocycles. The van der Waals surface area contributed by atoms with Crippen LogP contribution in [0, 0.1) is 20.8 Å². The van der Waals surface area contributed by atoms with Gasteiger partial charge in [-0.15, -0.1) is 0 Å². The van der Waals surface area contributed by atoms with Gasteiger partial charge in [0.15, 0.2) is 0 Å². The monoisotopic (exact) mass is 1080 g/mol. The lowest BCUT2D eigenvalue weighted by molar-refractivity contribution is 0.0626. The van der Waals surface area contributed by atoms with Gasteiger partial charge in [0.2, 0.25) is 0 Å². The summed E-state index contributed by atoms with van der Waals surface area (Å²) in [6.45, 7) is 2.25. The van der Waals surface area contributed by atoms with Gasteiger partial charge in [-0.25, -0.2) is 14.0 Å². The Balaban J connectivity index is 1.04. The summed E-state index contributed by atoms with van der Waals surface area (Å²) in [6.07, 6.45) is 0. The third-order valence-corrected chi connectivity index (χ3v) is 15.7. The number of hydrogen-bond acceptors (Lipinski definition) is 15. The number of carbonyl (C=O) groups excluding carboxylic acids is 6. The van der Waals surface area contributed by atoms with Crippen LogP contribution in [0.15, 0.2) is 142 Å². The Bertz CT molecular complexity index is 4030. The zero-order chi connectivity index (χ0) is 56.6. The highest BCUT2D eigenvalue weighted by Gasteiger charge is 2.41. The zero-order valence-electron chi connectivity index (χ0n) is 43.4. The molecule has 4 aliphatic heterocycles. The summed E-state index contributed by atoms with van der Waals surface area (Å²) in [5.74, 6) is -4.98. The number of pyridine rings is 3. The van der Waals surface area contributed by atoms with E-state index in [-0.39, 0.29) is 83.9 Å². The van der Waals surface area contributed by atoms with Crippen LogP contribution in [0.25, 0.3) is 32.7 Å². The van der Waals surface area contributed by atoms with Crippen molar-refractivity contribution in [2.24, 2.45) is 0 Å². The van der Waals surface area contributed by atoms with Gasteiger partial charge < -0.3 is 15.3 Å². The van der Waals surface area contributed by atoms with Crippen LogP contribution in [0.2, 0.25) is 0 Å². The Labute approximate surface area is 457 Å². The average Bonchev–Trinajstić information content (AvgIpc) is 4.08. The maximum atomic E-state index is 15.1. The summed E-state index contributed by atoms with van der Waals surface area (Å²) < 4.78 is 3.64. The largest absolute Gasteiger partial charge is 0.508 e. The maximum absolute atomic E-state index is 15.1. The molecule has 1 fully saturated rings. The second-order valence-corrected chi connectivity index (χ2v) is 20.5. The van der Waals surface area contributed by atoms with Crippen molar-refractivity contribution < 1.29 is 44.1 Å². The molecule has 0 saturated carbocycles. The van der Waals surface area contributed by atoms with Crippen molar-refractivity contribution in [1.82, 2.24) is 28.7 Å². The summed E-state index contributed by atoms with van der Waals surface area (Å²) in [5.41, 5.74) is 0.264. The molecule has 9 aromatic rings. The van der Waals surface area contributed by atoms with Crippen LogP contribution in [-0.2, 0) is 19.6 Å². The Morgan fingerprint density at radius 2 is 0.556 bits per heavy atom. The van der Waals surface area contributed by atoms with Crippen LogP contribution in [0.5, 0.6) is 17.2 Å². The van der Waals surface area contributed by atoms with E-state index >= 15 is 14.4 Å². The highest BCUT2D eigenvalue weighted by molar-refractivity contribution is 6.23. The second-order valence-electron chi connectivity index (χ2n) is 20.5. The molecule has 0 radical (unpaired) electrons. The van der Waals surface area contributed by atoms with Crippen molar-refractivity contribution in [3.63, 3.8) is 0 Å². The quantitative estimate of drug-likeness (QED) is 0.158. The van der Waals surface area contributed by atoms with E-state index in [9.17, 15) is 44.1 Å². The van der Waals surface area contributed by atoms with Gasteiger partial charge in [0, 0.05) is 51.0 Å². The Hall–Kier alpha value is -10.8. The molecule has 21 nitrogen and oxygen atoms in total. The van der Waals surface area contributed by atoms with E-state index in [1.54, 1.807) is 75.4 Å². The van der Waals surface area contributed by atoms with Gasteiger partial charge in [-0.1, -0.05) is 36.4 Å². The summed E-state index contributed by atoms with van der Waals surface area (Å²) >= 11 is 0. The molecule has 6 amide bonds. The van der Waals surface area contributed by atoms with E-state index in [0.29, 0.717) is 32.8 Å². The highest BCUT2D eigenvalue weighted by Crippen LogP contribution is 2.37. The number of benzene rings is 6. The summed E-state index contributed by atoms with van der Waals surface area (Å²) in [4.78, 5) is 132. The van der Waals surface area contributed by atoms with Gasteiger partial charge in [-0.3, -0.25) is 72.9 Å². The Morgan fingerprint density at radius 1 is 0.333 bits per heavy atom. The number of hydrogen-bond donors (Lipinski definition) is 3. The first-order chi connectivity index (χ1) is 38.9. The van der Waals surface area contributed by atoms with E-state index in [2.05, 4.69) is 0 Å². The lowest BCUT2D eigenvalue weighted by atomic mass is 10.0. The first-order valence-electron chi connectivity index (χ1n) is 25.6. The Morgan fingerprint density at radius 3 is 0.778 bits per heavy atom. The minimum absolute atomic E-state index is 0.0105. The molecule has 0 bridgehead atoms. The van der Waals surface area contributed by atoms with Crippen molar-refractivity contribution in [2.75, 3.05) is 35.0 Å². The third kappa shape index (κ3) is 7.41. The fraction of sp³-hybridized carbons (Fsp3) is 0.150. The van der Waals surface area contributed by atoms with E-state index < -0.39 is 91.8 Å². The minimum Gasteiger partial charge on any atom is -0.508 e. The number of phenolic OH excluding ortho intramolecular Hbond substituents is 3. The average molecular weight is 1080 g/mol. The fourth-order valence-electron chi connectivity index (χ4n) is 11.9. The van der Waals surface area contributed by atoms with E-state index in [1.165, 1.54) is 102 Å². The predicted molar refractivity (Wildman–Crippen MR) is 295 cm³/mol. The van der Waals surface area contributed by atoms with Crippen molar-refractivity contribution in [3.05, 3.63) is 225 Å². The van der Waals surface area contributed by atoms with Gasteiger partial charge in [0.25, 0.3) is 52.1 Å².